The number of benzene rings is 2. The van der Waals surface area contributed by atoms with Gasteiger partial charge in [-0.1, -0.05) is 50.2 Å². The van der Waals surface area contributed by atoms with E-state index in [9.17, 15) is 4.79 Å². The predicted octanol–water partition coefficient (Wildman–Crippen LogP) is 5.02. The Kier molecular flexibility index (Phi) is 7.52. The van der Waals surface area contributed by atoms with Crippen LogP contribution >= 0.6 is 0 Å². The lowest BCUT2D eigenvalue weighted by Crippen LogP contribution is -2.31. The molecule has 4 nitrogen and oxygen atoms in total. The van der Waals surface area contributed by atoms with Crippen LogP contribution in [0.3, 0.4) is 0 Å². The fraction of sp³-hybridized carbons (Fsp3) is 0.409. The zero-order valence-corrected chi connectivity index (χ0v) is 16.3. The van der Waals surface area contributed by atoms with Crippen LogP contribution in [0, 0.1) is 13.8 Å². The van der Waals surface area contributed by atoms with Crippen LogP contribution in [0.15, 0.2) is 36.4 Å². The summed E-state index contributed by atoms with van der Waals surface area (Å²) in [7, 11) is 0. The molecule has 26 heavy (non-hydrogen) atoms. The van der Waals surface area contributed by atoms with Crippen molar-refractivity contribution < 1.29 is 9.53 Å². The number of carbonyl (C=O) groups is 1. The molecule has 2 aromatic carbocycles. The average molecular weight is 354 g/mol. The lowest BCUT2D eigenvalue weighted by Gasteiger charge is -2.15. The molecule has 140 valence electrons. The van der Waals surface area contributed by atoms with Crippen molar-refractivity contribution in [3.05, 3.63) is 58.7 Å². The highest BCUT2D eigenvalue weighted by Crippen LogP contribution is 2.23. The van der Waals surface area contributed by atoms with Gasteiger partial charge in [0.25, 0.3) is 0 Å². The molecule has 0 saturated heterocycles. The third-order valence-electron chi connectivity index (χ3n) is 4.50. The standard InChI is InChI=1S/C22H30N2O2/c1-5-18-12-8-13-19(6-2)20(18)24-22(25)23-14-9-15-26-21-16(3)10-7-11-17(21)4/h7-8,10-13H,5-6,9,14-15H2,1-4H3,(H2,23,24,25). The number of ether oxygens (including phenoxy) is 1. The van der Waals surface area contributed by atoms with Gasteiger partial charge in [0.1, 0.15) is 5.75 Å². The van der Waals surface area contributed by atoms with E-state index in [1.165, 1.54) is 0 Å². The highest BCUT2D eigenvalue weighted by atomic mass is 16.5. The van der Waals surface area contributed by atoms with Crippen molar-refractivity contribution >= 4 is 11.7 Å². The van der Waals surface area contributed by atoms with E-state index >= 15 is 0 Å². The smallest absolute Gasteiger partial charge is 0.319 e. The number of para-hydroxylation sites is 2. The van der Waals surface area contributed by atoms with Crippen molar-refractivity contribution in [2.45, 2.75) is 47.0 Å². The van der Waals surface area contributed by atoms with E-state index in [0.717, 1.165) is 53.0 Å². The number of nitrogens with one attached hydrogen (secondary N) is 2. The summed E-state index contributed by atoms with van der Waals surface area (Å²) >= 11 is 0. The van der Waals surface area contributed by atoms with Crippen molar-refractivity contribution in [2.75, 3.05) is 18.5 Å². The third kappa shape index (κ3) is 5.25. The predicted molar refractivity (Wildman–Crippen MR) is 108 cm³/mol. The molecule has 0 bridgehead atoms. The molecule has 0 aliphatic carbocycles. The molecule has 0 aliphatic rings. The monoisotopic (exact) mass is 354 g/mol. The molecule has 2 rings (SSSR count). The zero-order chi connectivity index (χ0) is 18.9. The normalized spacial score (nSPS) is 10.5. The van der Waals surface area contributed by atoms with Gasteiger partial charge in [0.05, 0.1) is 6.61 Å². The van der Waals surface area contributed by atoms with Crippen molar-refractivity contribution in [1.29, 1.82) is 0 Å². The molecule has 0 unspecified atom stereocenters. The molecule has 0 spiro atoms. The topological polar surface area (TPSA) is 50.4 Å². The number of aryl methyl sites for hydroxylation is 4. The molecule has 0 aromatic heterocycles. The van der Waals surface area contributed by atoms with Crippen LogP contribution in [-0.2, 0) is 12.8 Å². The summed E-state index contributed by atoms with van der Waals surface area (Å²) in [5, 5.41) is 5.94. The quantitative estimate of drug-likeness (QED) is 0.654. The zero-order valence-electron chi connectivity index (χ0n) is 16.3. The number of anilines is 1. The van der Waals surface area contributed by atoms with Crippen LogP contribution in [0.25, 0.3) is 0 Å². The highest BCUT2D eigenvalue weighted by Gasteiger charge is 2.09. The van der Waals surface area contributed by atoms with E-state index < -0.39 is 0 Å². The lowest BCUT2D eigenvalue weighted by atomic mass is 10.0. The van der Waals surface area contributed by atoms with Crippen LogP contribution in [0.1, 0.15) is 42.5 Å². The minimum absolute atomic E-state index is 0.160. The molecule has 4 heteroatoms. The van der Waals surface area contributed by atoms with Gasteiger partial charge in [0.2, 0.25) is 0 Å². The van der Waals surface area contributed by atoms with E-state index in [-0.39, 0.29) is 6.03 Å². The maximum Gasteiger partial charge on any atom is 0.319 e. The highest BCUT2D eigenvalue weighted by molar-refractivity contribution is 5.91. The number of hydrogen-bond acceptors (Lipinski definition) is 2. The first-order chi connectivity index (χ1) is 12.6. The second-order valence-electron chi connectivity index (χ2n) is 6.46. The van der Waals surface area contributed by atoms with Crippen LogP contribution in [0.4, 0.5) is 10.5 Å². The number of amides is 2. The fourth-order valence-corrected chi connectivity index (χ4v) is 3.04. The molecule has 0 aliphatic heterocycles. The minimum atomic E-state index is -0.160. The van der Waals surface area contributed by atoms with Crippen LogP contribution in [0.2, 0.25) is 0 Å². The van der Waals surface area contributed by atoms with Crippen molar-refractivity contribution in [3.8, 4) is 5.75 Å². The van der Waals surface area contributed by atoms with Crippen LogP contribution in [-0.4, -0.2) is 19.2 Å². The molecular weight excluding hydrogens is 324 g/mol. The Morgan fingerprint density at radius 2 is 1.54 bits per heavy atom. The van der Waals surface area contributed by atoms with Crippen molar-refractivity contribution in [2.24, 2.45) is 0 Å². The minimum Gasteiger partial charge on any atom is -0.493 e. The number of urea groups is 1. The summed E-state index contributed by atoms with van der Waals surface area (Å²) in [6, 6.07) is 12.1. The molecule has 0 radical (unpaired) electrons. The van der Waals surface area contributed by atoms with Crippen LogP contribution < -0.4 is 15.4 Å². The van der Waals surface area contributed by atoms with Crippen molar-refractivity contribution in [1.82, 2.24) is 5.32 Å². The Morgan fingerprint density at radius 3 is 2.12 bits per heavy atom. The summed E-state index contributed by atoms with van der Waals surface area (Å²) < 4.78 is 5.87. The van der Waals surface area contributed by atoms with Gasteiger partial charge in [-0.3, -0.25) is 0 Å². The molecular formula is C22H30N2O2. The summed E-state index contributed by atoms with van der Waals surface area (Å²) in [5.41, 5.74) is 5.55. The van der Waals surface area contributed by atoms with Gasteiger partial charge < -0.3 is 15.4 Å². The molecule has 0 heterocycles. The van der Waals surface area contributed by atoms with Gasteiger partial charge in [-0.15, -0.1) is 0 Å². The van der Waals surface area contributed by atoms with Gasteiger partial charge in [-0.2, -0.15) is 0 Å². The van der Waals surface area contributed by atoms with Crippen LogP contribution in [0.5, 0.6) is 5.75 Å². The molecule has 2 amide bonds. The van der Waals surface area contributed by atoms with Gasteiger partial charge in [-0.25, -0.2) is 4.79 Å². The molecule has 2 N–H and O–H groups in total. The number of hydrogen-bond donors (Lipinski definition) is 2. The Morgan fingerprint density at radius 1 is 0.962 bits per heavy atom. The van der Waals surface area contributed by atoms with Gasteiger partial charge in [0.15, 0.2) is 0 Å². The van der Waals surface area contributed by atoms with Gasteiger partial charge >= 0.3 is 6.03 Å². The van der Waals surface area contributed by atoms with E-state index in [1.807, 2.05) is 38.1 Å². The Labute approximate surface area is 157 Å². The van der Waals surface area contributed by atoms with E-state index in [2.05, 4.69) is 36.6 Å². The second kappa shape index (κ2) is 9.85. The lowest BCUT2D eigenvalue weighted by molar-refractivity contribution is 0.250. The van der Waals surface area contributed by atoms with Gasteiger partial charge in [0, 0.05) is 12.2 Å². The van der Waals surface area contributed by atoms with E-state index in [1.54, 1.807) is 0 Å². The maximum absolute atomic E-state index is 12.2. The largest absolute Gasteiger partial charge is 0.493 e. The molecule has 2 aromatic rings. The Hall–Kier alpha value is -2.49. The number of rotatable bonds is 8. The van der Waals surface area contributed by atoms with Gasteiger partial charge in [-0.05, 0) is 55.4 Å². The first-order valence-corrected chi connectivity index (χ1v) is 9.41. The average Bonchev–Trinajstić information content (AvgIpc) is 2.63. The summed E-state index contributed by atoms with van der Waals surface area (Å²) in [6.07, 6.45) is 2.55. The second-order valence-corrected chi connectivity index (χ2v) is 6.46. The molecule has 0 fully saturated rings. The van der Waals surface area contributed by atoms with E-state index in [0.29, 0.717) is 13.2 Å². The first kappa shape index (κ1) is 19.8. The van der Waals surface area contributed by atoms with Crippen molar-refractivity contribution in [3.63, 3.8) is 0 Å². The first-order valence-electron chi connectivity index (χ1n) is 9.41. The molecule has 0 atom stereocenters. The fourth-order valence-electron chi connectivity index (χ4n) is 3.04. The summed E-state index contributed by atoms with van der Waals surface area (Å²) in [4.78, 5) is 12.2. The Bertz CT molecular complexity index is 698. The summed E-state index contributed by atoms with van der Waals surface area (Å²) in [5.74, 6) is 0.946. The SMILES string of the molecule is CCc1cccc(CC)c1NC(=O)NCCCOc1c(C)cccc1C. The molecule has 0 saturated carbocycles. The maximum atomic E-state index is 12.2. The third-order valence-corrected chi connectivity index (χ3v) is 4.50. The number of carbonyl (C=O) groups excluding carboxylic acids is 1. The van der Waals surface area contributed by atoms with E-state index in [4.69, 9.17) is 4.74 Å². The Balaban J connectivity index is 1.80. The summed E-state index contributed by atoms with van der Waals surface area (Å²) in [6.45, 7) is 9.45.